The van der Waals surface area contributed by atoms with Gasteiger partial charge in [-0.05, 0) is 51.6 Å². The van der Waals surface area contributed by atoms with Crippen LogP contribution in [0.1, 0.15) is 43.9 Å². The Bertz CT molecular complexity index is 1350. The van der Waals surface area contributed by atoms with E-state index in [1.165, 1.54) is 4.90 Å². The van der Waals surface area contributed by atoms with Crippen LogP contribution >= 0.6 is 0 Å². The number of aromatic nitrogens is 3. The number of benzene rings is 1. The summed E-state index contributed by atoms with van der Waals surface area (Å²) in [7, 11) is 1.66. The molecule has 4 rings (SSSR count). The smallest absolute Gasteiger partial charge is 0.317 e. The van der Waals surface area contributed by atoms with Crippen molar-refractivity contribution in [2.45, 2.75) is 76.2 Å². The minimum atomic E-state index is -0.990. The summed E-state index contributed by atoms with van der Waals surface area (Å²) in [6.07, 6.45) is 4.41. The Hall–Kier alpha value is -4.37. The zero-order valence-electron chi connectivity index (χ0n) is 26.5. The molecular formula is C31H45N9O6. The summed E-state index contributed by atoms with van der Waals surface area (Å²) in [5.74, 6) is -2.50. The van der Waals surface area contributed by atoms with Crippen molar-refractivity contribution < 1.29 is 29.1 Å². The van der Waals surface area contributed by atoms with E-state index in [2.05, 4.69) is 31.6 Å². The van der Waals surface area contributed by atoms with E-state index in [0.717, 1.165) is 5.56 Å². The third kappa shape index (κ3) is 9.81. The van der Waals surface area contributed by atoms with Crippen LogP contribution in [0.4, 0.5) is 0 Å². The summed E-state index contributed by atoms with van der Waals surface area (Å²) in [4.78, 5) is 68.7. The van der Waals surface area contributed by atoms with Crippen LogP contribution in [0.3, 0.4) is 0 Å². The summed E-state index contributed by atoms with van der Waals surface area (Å²) in [5, 5.41) is 29.3. The number of carbonyl (C=O) groups excluding carboxylic acids is 4. The zero-order chi connectivity index (χ0) is 33.1. The Morgan fingerprint density at radius 2 is 1.83 bits per heavy atom. The summed E-state index contributed by atoms with van der Waals surface area (Å²) in [6, 6.07) is 6.20. The van der Waals surface area contributed by atoms with Gasteiger partial charge in [-0.25, -0.2) is 0 Å². The quantitative estimate of drug-likeness (QED) is 0.249. The van der Waals surface area contributed by atoms with Crippen molar-refractivity contribution in [3.8, 4) is 0 Å². The second-order valence-corrected chi connectivity index (χ2v) is 11.8. The number of likely N-dealkylation sites (N-methyl/N-ethyl adjacent to an activating group) is 1. The standard InChI is InChI=1S/C31H45N9O6/c1-21(32-2)28(43)34-24-11-6-10-23-19-39(37-36-23)17-16-38(20-27(41)42)15-13-33-29(44)25(18-22-8-4-3-5-9-22)35-30(45)26-12-7-14-40(26)31(24)46/h3-5,8-9,19,21,24-26,32H,6-7,10-18,20H2,1-2H3,(H,33,44)(H,34,43)(H,35,45)(H,41,42). The lowest BCUT2D eigenvalue weighted by Gasteiger charge is -2.30. The molecule has 1 aromatic carbocycles. The summed E-state index contributed by atoms with van der Waals surface area (Å²) < 4.78 is 1.64. The number of nitrogens with one attached hydrogen (secondary N) is 4. The van der Waals surface area contributed by atoms with Gasteiger partial charge in [-0.15, -0.1) is 5.10 Å². The van der Waals surface area contributed by atoms with Gasteiger partial charge in [-0.3, -0.25) is 33.6 Å². The molecule has 4 unspecified atom stereocenters. The maximum absolute atomic E-state index is 13.9. The highest BCUT2D eigenvalue weighted by atomic mass is 16.4. The number of aliphatic carboxylic acids is 1. The van der Waals surface area contributed by atoms with E-state index in [0.29, 0.717) is 57.4 Å². The van der Waals surface area contributed by atoms with Crippen LogP contribution in [-0.2, 0) is 43.4 Å². The topological polar surface area (TPSA) is 191 Å². The van der Waals surface area contributed by atoms with Crippen LogP contribution in [0.5, 0.6) is 0 Å². The van der Waals surface area contributed by atoms with Crippen molar-refractivity contribution in [2.24, 2.45) is 0 Å². The van der Waals surface area contributed by atoms with E-state index in [1.54, 1.807) is 29.7 Å². The number of hydrogen-bond acceptors (Lipinski definition) is 9. The maximum atomic E-state index is 13.9. The fourth-order valence-corrected chi connectivity index (χ4v) is 5.73. The molecule has 2 aromatic rings. The predicted molar refractivity (Wildman–Crippen MR) is 167 cm³/mol. The molecule has 1 aromatic heterocycles. The second-order valence-electron chi connectivity index (χ2n) is 11.8. The van der Waals surface area contributed by atoms with Crippen molar-refractivity contribution in [1.29, 1.82) is 0 Å². The number of rotatable bonds is 7. The third-order valence-electron chi connectivity index (χ3n) is 8.44. The van der Waals surface area contributed by atoms with Gasteiger partial charge >= 0.3 is 5.97 Å². The minimum absolute atomic E-state index is 0.163. The zero-order valence-corrected chi connectivity index (χ0v) is 26.5. The van der Waals surface area contributed by atoms with Gasteiger partial charge in [0.05, 0.1) is 24.8 Å². The summed E-state index contributed by atoms with van der Waals surface area (Å²) in [6.45, 7) is 3.02. The summed E-state index contributed by atoms with van der Waals surface area (Å²) >= 11 is 0. The molecule has 1 saturated heterocycles. The first-order chi connectivity index (χ1) is 22.1. The highest BCUT2D eigenvalue weighted by Crippen LogP contribution is 2.21. The number of carboxylic acids is 1. The number of nitrogens with zero attached hydrogens (tertiary/aromatic N) is 5. The molecule has 0 radical (unpaired) electrons. The van der Waals surface area contributed by atoms with E-state index >= 15 is 0 Å². The van der Waals surface area contributed by atoms with Gasteiger partial charge in [0.25, 0.3) is 0 Å². The van der Waals surface area contributed by atoms with Crippen LogP contribution in [0.2, 0.25) is 0 Å². The molecular weight excluding hydrogens is 594 g/mol. The van der Waals surface area contributed by atoms with Gasteiger partial charge < -0.3 is 31.3 Å². The highest BCUT2D eigenvalue weighted by Gasteiger charge is 2.39. The lowest BCUT2D eigenvalue weighted by molar-refractivity contribution is -0.142. The molecule has 2 aliphatic heterocycles. The number of carbonyl (C=O) groups is 5. The third-order valence-corrected chi connectivity index (χ3v) is 8.44. The van der Waals surface area contributed by atoms with Gasteiger partial charge in [-0.1, -0.05) is 35.5 Å². The van der Waals surface area contributed by atoms with Gasteiger partial charge in [0, 0.05) is 38.8 Å². The molecule has 250 valence electrons. The fraction of sp³-hybridized carbons (Fsp3) is 0.581. The second kappa shape index (κ2) is 16.8. The van der Waals surface area contributed by atoms with Crippen LogP contribution in [0.25, 0.3) is 0 Å². The normalized spacial score (nSPS) is 23.1. The van der Waals surface area contributed by atoms with Gasteiger partial charge in [0.1, 0.15) is 18.1 Å². The molecule has 0 aliphatic carbocycles. The molecule has 2 aliphatic rings. The Balaban J connectivity index is 1.60. The van der Waals surface area contributed by atoms with Gasteiger partial charge in [0.2, 0.25) is 23.6 Å². The van der Waals surface area contributed by atoms with E-state index in [4.69, 9.17) is 0 Å². The SMILES string of the molecule is CNC(C)C(=O)NC1CCCc2cn(nn2)CCN(CC(=O)O)CCNC(=O)C(Cc2ccccc2)NC(=O)C2CCCN2C1=O. The van der Waals surface area contributed by atoms with Crippen molar-refractivity contribution in [3.63, 3.8) is 0 Å². The lowest BCUT2D eigenvalue weighted by Crippen LogP contribution is -2.57. The molecule has 4 atom stereocenters. The Morgan fingerprint density at radius 1 is 1.04 bits per heavy atom. The van der Waals surface area contributed by atoms with Crippen LogP contribution < -0.4 is 21.3 Å². The monoisotopic (exact) mass is 639 g/mol. The van der Waals surface area contributed by atoms with Crippen molar-refractivity contribution in [1.82, 2.24) is 46.1 Å². The molecule has 15 nitrogen and oxygen atoms in total. The van der Waals surface area contributed by atoms with E-state index in [-0.39, 0.29) is 37.9 Å². The van der Waals surface area contributed by atoms with E-state index in [9.17, 15) is 29.1 Å². The molecule has 0 spiro atoms. The Kier molecular flexibility index (Phi) is 12.6. The molecule has 4 amide bonds. The first-order valence-corrected chi connectivity index (χ1v) is 15.9. The number of hydrogen-bond donors (Lipinski definition) is 5. The first kappa shape index (κ1) is 34.5. The number of fused-ring (bicyclic) bond motifs is 3. The molecule has 3 heterocycles. The average Bonchev–Trinajstić information content (AvgIpc) is 3.72. The van der Waals surface area contributed by atoms with Crippen LogP contribution in [-0.4, -0.2) is 123 Å². The Morgan fingerprint density at radius 3 is 2.57 bits per heavy atom. The molecule has 2 bridgehead atoms. The Labute approximate surface area is 268 Å². The van der Waals surface area contributed by atoms with E-state index in [1.807, 2.05) is 30.3 Å². The molecule has 1 fully saturated rings. The number of carboxylic acid groups (broad SMARTS) is 1. The number of amides is 4. The predicted octanol–water partition coefficient (Wildman–Crippen LogP) is -1.07. The first-order valence-electron chi connectivity index (χ1n) is 15.9. The van der Waals surface area contributed by atoms with Crippen molar-refractivity contribution in [2.75, 3.05) is 39.8 Å². The molecule has 5 N–H and O–H groups in total. The van der Waals surface area contributed by atoms with E-state index < -0.39 is 42.0 Å². The number of aryl methyl sites for hydroxylation is 1. The minimum Gasteiger partial charge on any atom is -0.480 e. The largest absolute Gasteiger partial charge is 0.480 e. The molecule has 46 heavy (non-hydrogen) atoms. The van der Waals surface area contributed by atoms with Crippen LogP contribution in [0.15, 0.2) is 36.5 Å². The lowest BCUT2D eigenvalue weighted by atomic mass is 10.0. The molecule has 15 heteroatoms. The van der Waals surface area contributed by atoms with Crippen molar-refractivity contribution >= 4 is 29.6 Å². The maximum Gasteiger partial charge on any atom is 0.317 e. The van der Waals surface area contributed by atoms with Crippen molar-refractivity contribution in [3.05, 3.63) is 47.8 Å². The van der Waals surface area contributed by atoms with Crippen LogP contribution in [0, 0.1) is 0 Å². The van der Waals surface area contributed by atoms with Gasteiger partial charge in [-0.2, -0.15) is 0 Å². The molecule has 0 saturated carbocycles. The highest BCUT2D eigenvalue weighted by molar-refractivity contribution is 5.95. The van der Waals surface area contributed by atoms with Gasteiger partial charge in [0.15, 0.2) is 0 Å². The average molecular weight is 640 g/mol. The fourth-order valence-electron chi connectivity index (χ4n) is 5.73. The summed E-state index contributed by atoms with van der Waals surface area (Å²) in [5.41, 5.74) is 1.55.